The lowest BCUT2D eigenvalue weighted by Gasteiger charge is -2.22. The van der Waals surface area contributed by atoms with Gasteiger partial charge in [-0.3, -0.25) is 0 Å². The van der Waals surface area contributed by atoms with Crippen molar-refractivity contribution < 1.29 is 9.47 Å². The molecule has 0 saturated carbocycles. The van der Waals surface area contributed by atoms with Crippen LogP contribution >= 0.6 is 0 Å². The zero-order valence-electron chi connectivity index (χ0n) is 10.8. The number of ether oxygens (including phenoxy) is 2. The van der Waals surface area contributed by atoms with Crippen LogP contribution in [0.3, 0.4) is 0 Å². The molecule has 2 rings (SSSR count). The van der Waals surface area contributed by atoms with Gasteiger partial charge >= 0.3 is 0 Å². The standard InChI is InChI=1S/C14H21NO2/c1-10-5-4-6-12(11(10)2)13(15-3)9-14-16-7-8-17-14/h4-6,13-15H,7-9H2,1-3H3. The van der Waals surface area contributed by atoms with Crippen molar-refractivity contribution in [3.8, 4) is 0 Å². The highest BCUT2D eigenvalue weighted by Crippen LogP contribution is 2.26. The molecule has 1 aromatic rings. The van der Waals surface area contributed by atoms with E-state index < -0.39 is 0 Å². The molecule has 0 aromatic heterocycles. The van der Waals surface area contributed by atoms with Crippen molar-refractivity contribution in [2.45, 2.75) is 32.6 Å². The van der Waals surface area contributed by atoms with Crippen molar-refractivity contribution in [1.29, 1.82) is 0 Å². The Morgan fingerprint density at radius 2 is 2.00 bits per heavy atom. The van der Waals surface area contributed by atoms with Gasteiger partial charge in [-0.15, -0.1) is 0 Å². The Labute approximate surface area is 103 Å². The first-order valence-electron chi connectivity index (χ1n) is 6.19. The number of rotatable bonds is 4. The molecule has 1 N–H and O–H groups in total. The van der Waals surface area contributed by atoms with Crippen molar-refractivity contribution in [2.24, 2.45) is 0 Å². The molecule has 1 aromatic carbocycles. The molecule has 1 aliphatic rings. The minimum Gasteiger partial charge on any atom is -0.350 e. The average Bonchev–Trinajstić information content (AvgIpc) is 2.83. The molecule has 3 nitrogen and oxygen atoms in total. The summed E-state index contributed by atoms with van der Waals surface area (Å²) in [5.41, 5.74) is 4.02. The Kier molecular flexibility index (Phi) is 4.15. The Balaban J connectivity index is 2.13. The van der Waals surface area contributed by atoms with Crippen LogP contribution in [-0.4, -0.2) is 26.6 Å². The largest absolute Gasteiger partial charge is 0.350 e. The number of aryl methyl sites for hydroxylation is 1. The first-order chi connectivity index (χ1) is 8.22. The summed E-state index contributed by atoms with van der Waals surface area (Å²) in [6.45, 7) is 5.75. The molecule has 1 saturated heterocycles. The van der Waals surface area contributed by atoms with Crippen molar-refractivity contribution in [1.82, 2.24) is 5.32 Å². The molecular weight excluding hydrogens is 214 g/mol. The van der Waals surface area contributed by atoms with E-state index in [0.717, 1.165) is 6.42 Å². The molecule has 0 bridgehead atoms. The molecule has 0 spiro atoms. The fraction of sp³-hybridized carbons (Fsp3) is 0.571. The zero-order chi connectivity index (χ0) is 12.3. The van der Waals surface area contributed by atoms with Gasteiger partial charge in [0.05, 0.1) is 13.2 Å². The Morgan fingerprint density at radius 1 is 1.29 bits per heavy atom. The molecular formula is C14H21NO2. The highest BCUT2D eigenvalue weighted by atomic mass is 16.7. The molecule has 0 amide bonds. The molecule has 3 heteroatoms. The number of benzene rings is 1. The third kappa shape index (κ3) is 2.86. The van der Waals surface area contributed by atoms with Gasteiger partial charge in [0.25, 0.3) is 0 Å². The maximum atomic E-state index is 5.51. The highest BCUT2D eigenvalue weighted by molar-refractivity contribution is 5.35. The predicted molar refractivity (Wildman–Crippen MR) is 68.0 cm³/mol. The van der Waals surface area contributed by atoms with Crippen LogP contribution < -0.4 is 5.32 Å². The van der Waals surface area contributed by atoms with Crippen LogP contribution in [0.1, 0.15) is 29.2 Å². The van der Waals surface area contributed by atoms with Gasteiger partial charge in [0.1, 0.15) is 0 Å². The molecule has 1 atom stereocenters. The summed E-state index contributed by atoms with van der Waals surface area (Å²) >= 11 is 0. The molecule has 0 aliphatic carbocycles. The molecule has 17 heavy (non-hydrogen) atoms. The first-order valence-corrected chi connectivity index (χ1v) is 6.19. The topological polar surface area (TPSA) is 30.5 Å². The van der Waals surface area contributed by atoms with Crippen molar-refractivity contribution in [3.63, 3.8) is 0 Å². The van der Waals surface area contributed by atoms with Crippen LogP contribution in [-0.2, 0) is 9.47 Å². The molecule has 1 unspecified atom stereocenters. The third-order valence-corrected chi connectivity index (χ3v) is 3.49. The summed E-state index contributed by atoms with van der Waals surface area (Å²) in [6, 6.07) is 6.73. The monoisotopic (exact) mass is 235 g/mol. The van der Waals surface area contributed by atoms with E-state index in [2.05, 4.69) is 37.4 Å². The van der Waals surface area contributed by atoms with Gasteiger partial charge < -0.3 is 14.8 Å². The summed E-state index contributed by atoms with van der Waals surface area (Å²) in [5.74, 6) is 0. The van der Waals surface area contributed by atoms with E-state index in [0.29, 0.717) is 13.2 Å². The third-order valence-electron chi connectivity index (χ3n) is 3.49. The maximum Gasteiger partial charge on any atom is 0.159 e. The van der Waals surface area contributed by atoms with E-state index in [4.69, 9.17) is 9.47 Å². The average molecular weight is 235 g/mol. The second-order valence-electron chi connectivity index (χ2n) is 4.54. The smallest absolute Gasteiger partial charge is 0.159 e. The SMILES string of the molecule is CNC(CC1OCCO1)c1cccc(C)c1C. The van der Waals surface area contributed by atoms with Crippen LogP contribution in [0.5, 0.6) is 0 Å². The molecule has 0 radical (unpaired) electrons. The van der Waals surface area contributed by atoms with Crippen LogP contribution in [0.15, 0.2) is 18.2 Å². The van der Waals surface area contributed by atoms with Crippen LogP contribution in [0, 0.1) is 13.8 Å². The summed E-state index contributed by atoms with van der Waals surface area (Å²) in [6.07, 6.45) is 0.799. The molecule has 94 valence electrons. The fourth-order valence-corrected chi connectivity index (χ4v) is 2.29. The van der Waals surface area contributed by atoms with Gasteiger partial charge in [-0.2, -0.15) is 0 Å². The normalized spacial score (nSPS) is 18.5. The Morgan fingerprint density at radius 3 is 2.65 bits per heavy atom. The van der Waals surface area contributed by atoms with Crippen molar-refractivity contribution in [3.05, 3.63) is 34.9 Å². The molecule has 1 fully saturated rings. The van der Waals surface area contributed by atoms with E-state index >= 15 is 0 Å². The highest BCUT2D eigenvalue weighted by Gasteiger charge is 2.22. The summed E-state index contributed by atoms with van der Waals surface area (Å²) < 4.78 is 11.0. The Hall–Kier alpha value is -0.900. The van der Waals surface area contributed by atoms with Gasteiger partial charge in [-0.05, 0) is 37.6 Å². The second-order valence-corrected chi connectivity index (χ2v) is 4.54. The molecule has 1 aliphatic heterocycles. The van der Waals surface area contributed by atoms with Crippen molar-refractivity contribution >= 4 is 0 Å². The van der Waals surface area contributed by atoms with Crippen molar-refractivity contribution in [2.75, 3.05) is 20.3 Å². The van der Waals surface area contributed by atoms with E-state index in [-0.39, 0.29) is 12.3 Å². The van der Waals surface area contributed by atoms with Gasteiger partial charge in [0, 0.05) is 12.5 Å². The van der Waals surface area contributed by atoms with E-state index in [9.17, 15) is 0 Å². The number of hydrogen-bond acceptors (Lipinski definition) is 3. The van der Waals surface area contributed by atoms with Gasteiger partial charge in [0.2, 0.25) is 0 Å². The fourth-order valence-electron chi connectivity index (χ4n) is 2.29. The number of hydrogen-bond donors (Lipinski definition) is 1. The minimum absolute atomic E-state index is 0.0626. The second kappa shape index (κ2) is 5.63. The lowest BCUT2D eigenvalue weighted by molar-refractivity contribution is -0.0526. The zero-order valence-corrected chi connectivity index (χ0v) is 10.8. The van der Waals surface area contributed by atoms with Gasteiger partial charge in [-0.1, -0.05) is 18.2 Å². The first kappa shape index (κ1) is 12.6. The van der Waals surface area contributed by atoms with E-state index in [1.165, 1.54) is 16.7 Å². The maximum absolute atomic E-state index is 5.51. The minimum atomic E-state index is -0.0626. The van der Waals surface area contributed by atoms with E-state index in [1.54, 1.807) is 0 Å². The number of nitrogens with one attached hydrogen (secondary N) is 1. The summed E-state index contributed by atoms with van der Waals surface area (Å²) in [7, 11) is 1.99. The lowest BCUT2D eigenvalue weighted by atomic mass is 9.95. The van der Waals surface area contributed by atoms with Crippen LogP contribution in [0.4, 0.5) is 0 Å². The molecule has 1 heterocycles. The quantitative estimate of drug-likeness (QED) is 0.869. The summed E-state index contributed by atoms with van der Waals surface area (Å²) in [5, 5.41) is 3.35. The van der Waals surface area contributed by atoms with Gasteiger partial charge in [-0.25, -0.2) is 0 Å². The van der Waals surface area contributed by atoms with Gasteiger partial charge in [0.15, 0.2) is 6.29 Å². The van der Waals surface area contributed by atoms with Crippen LogP contribution in [0.2, 0.25) is 0 Å². The predicted octanol–water partition coefficient (Wildman–Crippen LogP) is 2.33. The van der Waals surface area contributed by atoms with Crippen LogP contribution in [0.25, 0.3) is 0 Å². The summed E-state index contributed by atoms with van der Waals surface area (Å²) in [4.78, 5) is 0. The van der Waals surface area contributed by atoms with E-state index in [1.807, 2.05) is 7.05 Å². The lowest BCUT2D eigenvalue weighted by Crippen LogP contribution is -2.23. The Bertz CT molecular complexity index is 372.